The molecule has 14 heavy (non-hydrogen) atoms. The molecule has 0 radical (unpaired) electrons. The molecule has 2 heterocycles. The van der Waals surface area contributed by atoms with Gasteiger partial charge in [-0.2, -0.15) is 0 Å². The Kier molecular flexibility index (Phi) is 2.08. The molecule has 0 unspecified atom stereocenters. The van der Waals surface area contributed by atoms with Crippen molar-refractivity contribution in [3.63, 3.8) is 0 Å². The molecule has 2 rings (SSSR count). The van der Waals surface area contributed by atoms with Crippen LogP contribution in [0.3, 0.4) is 0 Å². The SMILES string of the molecule is Cc1ccc(-c2nc(C)c(C)o2)cn1. The van der Waals surface area contributed by atoms with Crippen LogP contribution in [0.2, 0.25) is 0 Å². The minimum Gasteiger partial charge on any atom is -0.441 e. The fourth-order valence-corrected chi connectivity index (χ4v) is 1.19. The van der Waals surface area contributed by atoms with Crippen LogP contribution in [-0.4, -0.2) is 9.97 Å². The lowest BCUT2D eigenvalue weighted by Gasteiger charge is -1.94. The molecular weight excluding hydrogens is 176 g/mol. The normalized spacial score (nSPS) is 10.5. The van der Waals surface area contributed by atoms with Crippen molar-refractivity contribution in [3.05, 3.63) is 35.5 Å². The Morgan fingerprint density at radius 2 is 1.93 bits per heavy atom. The van der Waals surface area contributed by atoms with Crippen LogP contribution < -0.4 is 0 Å². The highest BCUT2D eigenvalue weighted by molar-refractivity contribution is 5.51. The molecule has 72 valence electrons. The predicted molar refractivity (Wildman–Crippen MR) is 53.9 cm³/mol. The molecule has 0 saturated heterocycles. The third kappa shape index (κ3) is 1.53. The van der Waals surface area contributed by atoms with Crippen LogP contribution in [0.5, 0.6) is 0 Å². The van der Waals surface area contributed by atoms with Gasteiger partial charge in [-0.3, -0.25) is 4.98 Å². The van der Waals surface area contributed by atoms with Gasteiger partial charge in [0, 0.05) is 11.9 Å². The summed E-state index contributed by atoms with van der Waals surface area (Å²) in [5.41, 5.74) is 2.85. The standard InChI is InChI=1S/C11H12N2O/c1-7-4-5-10(6-12-7)11-13-8(2)9(3)14-11/h4-6H,1-3H3. The lowest BCUT2D eigenvalue weighted by molar-refractivity contribution is 0.540. The van der Waals surface area contributed by atoms with Gasteiger partial charge in [0.2, 0.25) is 5.89 Å². The van der Waals surface area contributed by atoms with Gasteiger partial charge >= 0.3 is 0 Å². The van der Waals surface area contributed by atoms with Crippen LogP contribution in [0.1, 0.15) is 17.1 Å². The van der Waals surface area contributed by atoms with Crippen molar-refractivity contribution in [2.24, 2.45) is 0 Å². The Labute approximate surface area is 82.8 Å². The van der Waals surface area contributed by atoms with Gasteiger partial charge in [0.05, 0.1) is 11.3 Å². The summed E-state index contributed by atoms with van der Waals surface area (Å²) < 4.78 is 5.49. The highest BCUT2D eigenvalue weighted by Crippen LogP contribution is 2.20. The second-order valence-corrected chi connectivity index (χ2v) is 3.35. The zero-order valence-electron chi connectivity index (χ0n) is 8.53. The lowest BCUT2D eigenvalue weighted by atomic mass is 10.2. The third-order valence-corrected chi connectivity index (χ3v) is 2.19. The first-order valence-corrected chi connectivity index (χ1v) is 4.54. The van der Waals surface area contributed by atoms with E-state index in [0.717, 1.165) is 22.7 Å². The number of pyridine rings is 1. The Balaban J connectivity index is 2.44. The molecule has 0 amide bonds. The Morgan fingerprint density at radius 3 is 2.43 bits per heavy atom. The van der Waals surface area contributed by atoms with Gasteiger partial charge in [-0.15, -0.1) is 0 Å². The summed E-state index contributed by atoms with van der Waals surface area (Å²) in [5.74, 6) is 1.51. The fraction of sp³-hybridized carbons (Fsp3) is 0.273. The molecule has 0 aliphatic rings. The molecule has 0 spiro atoms. The molecule has 3 heteroatoms. The van der Waals surface area contributed by atoms with Crippen molar-refractivity contribution in [2.75, 3.05) is 0 Å². The van der Waals surface area contributed by atoms with Crippen LogP contribution in [0.15, 0.2) is 22.7 Å². The third-order valence-electron chi connectivity index (χ3n) is 2.19. The van der Waals surface area contributed by atoms with E-state index < -0.39 is 0 Å². The highest BCUT2D eigenvalue weighted by atomic mass is 16.4. The number of aromatic nitrogens is 2. The van der Waals surface area contributed by atoms with Gasteiger partial charge in [-0.25, -0.2) is 4.98 Å². The quantitative estimate of drug-likeness (QED) is 0.690. The highest BCUT2D eigenvalue weighted by Gasteiger charge is 2.07. The van der Waals surface area contributed by atoms with E-state index in [4.69, 9.17) is 4.42 Å². The summed E-state index contributed by atoms with van der Waals surface area (Å²) in [5, 5.41) is 0. The van der Waals surface area contributed by atoms with Crippen LogP contribution in [0.25, 0.3) is 11.5 Å². The monoisotopic (exact) mass is 188 g/mol. The van der Waals surface area contributed by atoms with Gasteiger partial charge in [0.25, 0.3) is 0 Å². The summed E-state index contributed by atoms with van der Waals surface area (Å²) in [6, 6.07) is 3.91. The zero-order chi connectivity index (χ0) is 10.1. The summed E-state index contributed by atoms with van der Waals surface area (Å²) >= 11 is 0. The van der Waals surface area contributed by atoms with Crippen LogP contribution in [0.4, 0.5) is 0 Å². The first-order chi connectivity index (χ1) is 6.66. The molecule has 0 N–H and O–H groups in total. The maximum absolute atomic E-state index is 5.49. The molecule has 0 bridgehead atoms. The van der Waals surface area contributed by atoms with E-state index in [1.807, 2.05) is 32.9 Å². The number of oxazole rings is 1. The van der Waals surface area contributed by atoms with E-state index in [0.29, 0.717) is 5.89 Å². The van der Waals surface area contributed by atoms with Crippen molar-refractivity contribution in [3.8, 4) is 11.5 Å². The number of hydrogen-bond donors (Lipinski definition) is 0. The van der Waals surface area contributed by atoms with Gasteiger partial charge in [0.1, 0.15) is 5.76 Å². The summed E-state index contributed by atoms with van der Waals surface area (Å²) in [4.78, 5) is 8.50. The predicted octanol–water partition coefficient (Wildman–Crippen LogP) is 2.66. The van der Waals surface area contributed by atoms with Gasteiger partial charge in [-0.1, -0.05) is 0 Å². The number of rotatable bonds is 1. The van der Waals surface area contributed by atoms with E-state index >= 15 is 0 Å². The van der Waals surface area contributed by atoms with E-state index in [1.165, 1.54) is 0 Å². The average molecular weight is 188 g/mol. The van der Waals surface area contributed by atoms with E-state index in [2.05, 4.69) is 9.97 Å². The van der Waals surface area contributed by atoms with E-state index in [-0.39, 0.29) is 0 Å². The molecule has 2 aromatic heterocycles. The number of aryl methyl sites for hydroxylation is 3. The molecule has 0 atom stereocenters. The largest absolute Gasteiger partial charge is 0.441 e. The Morgan fingerprint density at radius 1 is 1.14 bits per heavy atom. The molecule has 3 nitrogen and oxygen atoms in total. The molecule has 0 aliphatic carbocycles. The summed E-state index contributed by atoms with van der Waals surface area (Å²) in [6.45, 7) is 5.80. The lowest BCUT2D eigenvalue weighted by Crippen LogP contribution is -1.82. The summed E-state index contributed by atoms with van der Waals surface area (Å²) in [6.07, 6.45) is 1.78. The minimum absolute atomic E-state index is 0.646. The topological polar surface area (TPSA) is 38.9 Å². The van der Waals surface area contributed by atoms with Gasteiger partial charge in [0.15, 0.2) is 0 Å². The number of nitrogens with zero attached hydrogens (tertiary/aromatic N) is 2. The first kappa shape index (κ1) is 8.94. The maximum atomic E-state index is 5.49. The fourth-order valence-electron chi connectivity index (χ4n) is 1.19. The molecule has 0 aromatic carbocycles. The van der Waals surface area contributed by atoms with Crippen LogP contribution in [-0.2, 0) is 0 Å². The van der Waals surface area contributed by atoms with Gasteiger partial charge < -0.3 is 4.42 Å². The zero-order valence-corrected chi connectivity index (χ0v) is 8.53. The van der Waals surface area contributed by atoms with E-state index in [9.17, 15) is 0 Å². The molecular formula is C11H12N2O. The van der Waals surface area contributed by atoms with Crippen molar-refractivity contribution in [2.45, 2.75) is 20.8 Å². The minimum atomic E-state index is 0.646. The van der Waals surface area contributed by atoms with Crippen molar-refractivity contribution in [1.29, 1.82) is 0 Å². The second kappa shape index (κ2) is 3.25. The van der Waals surface area contributed by atoms with Crippen molar-refractivity contribution < 1.29 is 4.42 Å². The van der Waals surface area contributed by atoms with Crippen LogP contribution in [0, 0.1) is 20.8 Å². The van der Waals surface area contributed by atoms with Crippen molar-refractivity contribution in [1.82, 2.24) is 9.97 Å². The van der Waals surface area contributed by atoms with Crippen molar-refractivity contribution >= 4 is 0 Å². The average Bonchev–Trinajstić information content (AvgIpc) is 2.48. The second-order valence-electron chi connectivity index (χ2n) is 3.35. The van der Waals surface area contributed by atoms with E-state index in [1.54, 1.807) is 6.20 Å². The Hall–Kier alpha value is -1.64. The Bertz CT molecular complexity index is 423. The molecule has 2 aromatic rings. The van der Waals surface area contributed by atoms with Gasteiger partial charge in [-0.05, 0) is 32.9 Å². The molecule has 0 saturated carbocycles. The summed E-state index contributed by atoms with van der Waals surface area (Å²) in [7, 11) is 0. The number of hydrogen-bond acceptors (Lipinski definition) is 3. The van der Waals surface area contributed by atoms with Crippen LogP contribution >= 0.6 is 0 Å². The smallest absolute Gasteiger partial charge is 0.228 e. The molecule has 0 fully saturated rings. The molecule has 0 aliphatic heterocycles. The maximum Gasteiger partial charge on any atom is 0.228 e. The first-order valence-electron chi connectivity index (χ1n) is 4.54.